The summed E-state index contributed by atoms with van der Waals surface area (Å²) in [7, 11) is 3.10. The summed E-state index contributed by atoms with van der Waals surface area (Å²) in [6.07, 6.45) is 0. The second-order valence-electron chi connectivity index (χ2n) is 8.12. The van der Waals surface area contributed by atoms with Crippen LogP contribution in [0.15, 0.2) is 42.5 Å². The zero-order valence-electron chi connectivity index (χ0n) is 18.4. The predicted octanol–water partition coefficient (Wildman–Crippen LogP) is 3.47. The number of carbonyl (C=O) groups is 2. The highest BCUT2D eigenvalue weighted by Gasteiger charge is 2.42. The number of ether oxygens (including phenoxy) is 2. The van der Waals surface area contributed by atoms with E-state index in [4.69, 9.17) is 9.47 Å². The summed E-state index contributed by atoms with van der Waals surface area (Å²) in [5.74, 6) is -0.543. The van der Waals surface area contributed by atoms with Gasteiger partial charge in [0.1, 0.15) is 5.82 Å². The molecule has 1 heterocycles. The summed E-state index contributed by atoms with van der Waals surface area (Å²) in [6, 6.07) is 11.4. The minimum Gasteiger partial charge on any atom is -0.493 e. The average molecular weight is 429 g/mol. The fourth-order valence-electron chi connectivity index (χ4n) is 4.00. The molecule has 1 fully saturated rings. The molecule has 2 aromatic rings. The molecule has 3 rings (SSSR count). The Morgan fingerprint density at radius 1 is 1.10 bits per heavy atom. The van der Waals surface area contributed by atoms with Crippen LogP contribution in [-0.2, 0) is 4.79 Å². The summed E-state index contributed by atoms with van der Waals surface area (Å²) in [6.45, 7) is 5.05. The van der Waals surface area contributed by atoms with Crippen LogP contribution in [0.25, 0.3) is 0 Å². The van der Waals surface area contributed by atoms with Crippen molar-refractivity contribution in [1.82, 2.24) is 10.2 Å². The molecule has 0 radical (unpaired) electrons. The average Bonchev–Trinajstić information content (AvgIpc) is 3.22. The Morgan fingerprint density at radius 2 is 1.84 bits per heavy atom. The van der Waals surface area contributed by atoms with Crippen LogP contribution in [0.1, 0.15) is 35.7 Å². The van der Waals surface area contributed by atoms with E-state index < -0.39 is 17.6 Å². The first kappa shape index (κ1) is 22.6. The molecule has 0 spiro atoms. The van der Waals surface area contributed by atoms with Crippen molar-refractivity contribution in [3.05, 3.63) is 59.4 Å². The summed E-state index contributed by atoms with van der Waals surface area (Å²) in [5.41, 5.74) is 0.789. The fraction of sp³-hybridized carbons (Fsp3) is 0.417. The predicted molar refractivity (Wildman–Crippen MR) is 116 cm³/mol. The van der Waals surface area contributed by atoms with E-state index in [0.717, 1.165) is 5.56 Å². The van der Waals surface area contributed by atoms with Gasteiger partial charge in [0.2, 0.25) is 5.91 Å². The first-order valence-electron chi connectivity index (χ1n) is 10.4. The molecule has 2 aromatic carbocycles. The van der Waals surface area contributed by atoms with Crippen LogP contribution in [0.2, 0.25) is 0 Å². The Kier molecular flexibility index (Phi) is 7.15. The van der Waals surface area contributed by atoms with Gasteiger partial charge in [0, 0.05) is 31.1 Å². The van der Waals surface area contributed by atoms with Gasteiger partial charge in [-0.1, -0.05) is 38.1 Å². The number of nitrogens with one attached hydrogen (secondary N) is 1. The number of hydrogen-bond acceptors (Lipinski definition) is 4. The van der Waals surface area contributed by atoms with Gasteiger partial charge in [0.15, 0.2) is 11.5 Å². The van der Waals surface area contributed by atoms with Gasteiger partial charge in [-0.3, -0.25) is 9.59 Å². The minimum absolute atomic E-state index is 0.00194. The van der Waals surface area contributed by atoms with Crippen LogP contribution in [0.3, 0.4) is 0 Å². The second kappa shape index (κ2) is 9.81. The number of amides is 2. The lowest BCUT2D eigenvalue weighted by Gasteiger charge is -2.22. The van der Waals surface area contributed by atoms with E-state index in [9.17, 15) is 14.0 Å². The van der Waals surface area contributed by atoms with E-state index in [1.54, 1.807) is 37.3 Å². The van der Waals surface area contributed by atoms with E-state index in [1.807, 2.05) is 26.0 Å². The minimum atomic E-state index is -0.573. The summed E-state index contributed by atoms with van der Waals surface area (Å²) in [4.78, 5) is 27.7. The van der Waals surface area contributed by atoms with E-state index in [1.165, 1.54) is 12.1 Å². The highest BCUT2D eigenvalue weighted by Crippen LogP contribution is 2.42. The number of rotatable bonds is 7. The largest absolute Gasteiger partial charge is 0.493 e. The maximum atomic E-state index is 14.2. The number of para-hydroxylation sites is 1. The zero-order chi connectivity index (χ0) is 22.5. The van der Waals surface area contributed by atoms with Gasteiger partial charge in [-0.15, -0.1) is 0 Å². The van der Waals surface area contributed by atoms with Crippen LogP contribution in [0.4, 0.5) is 4.39 Å². The maximum absolute atomic E-state index is 14.2. The van der Waals surface area contributed by atoms with Crippen molar-refractivity contribution >= 4 is 11.8 Å². The second-order valence-corrected chi connectivity index (χ2v) is 8.12. The van der Waals surface area contributed by atoms with E-state index in [2.05, 4.69) is 5.32 Å². The summed E-state index contributed by atoms with van der Waals surface area (Å²) < 4.78 is 25.2. The molecule has 1 aliphatic rings. The Bertz CT molecular complexity index is 947. The van der Waals surface area contributed by atoms with Gasteiger partial charge in [-0.05, 0) is 24.1 Å². The zero-order valence-corrected chi connectivity index (χ0v) is 18.4. The van der Waals surface area contributed by atoms with Crippen LogP contribution in [-0.4, -0.2) is 50.6 Å². The van der Waals surface area contributed by atoms with Gasteiger partial charge in [-0.25, -0.2) is 4.39 Å². The third-order valence-corrected chi connectivity index (χ3v) is 5.57. The lowest BCUT2D eigenvalue weighted by molar-refractivity contribution is -0.125. The molecule has 1 aliphatic heterocycles. The van der Waals surface area contributed by atoms with Gasteiger partial charge in [0.25, 0.3) is 5.91 Å². The molecule has 1 N–H and O–H groups in total. The third kappa shape index (κ3) is 4.81. The van der Waals surface area contributed by atoms with Gasteiger partial charge in [-0.2, -0.15) is 0 Å². The number of methoxy groups -OCH3 is 2. The van der Waals surface area contributed by atoms with Crippen LogP contribution < -0.4 is 14.8 Å². The van der Waals surface area contributed by atoms with Crippen LogP contribution in [0.5, 0.6) is 11.5 Å². The maximum Gasteiger partial charge on any atom is 0.256 e. The topological polar surface area (TPSA) is 67.9 Å². The van der Waals surface area contributed by atoms with E-state index in [0.29, 0.717) is 24.0 Å². The molecule has 31 heavy (non-hydrogen) atoms. The fourth-order valence-corrected chi connectivity index (χ4v) is 4.00. The third-order valence-electron chi connectivity index (χ3n) is 5.57. The summed E-state index contributed by atoms with van der Waals surface area (Å²) in [5, 5.41) is 2.98. The molecule has 1 saturated heterocycles. The van der Waals surface area contributed by atoms with Crippen LogP contribution >= 0.6 is 0 Å². The van der Waals surface area contributed by atoms with Crippen molar-refractivity contribution in [2.75, 3.05) is 33.9 Å². The van der Waals surface area contributed by atoms with Crippen molar-refractivity contribution in [3.8, 4) is 11.5 Å². The molecule has 2 amide bonds. The number of likely N-dealkylation sites (tertiary alicyclic amines) is 1. The van der Waals surface area contributed by atoms with Crippen molar-refractivity contribution in [2.24, 2.45) is 11.8 Å². The van der Waals surface area contributed by atoms with Gasteiger partial charge >= 0.3 is 0 Å². The van der Waals surface area contributed by atoms with Crippen molar-refractivity contribution in [1.29, 1.82) is 0 Å². The molecule has 0 aliphatic carbocycles. The number of nitrogens with zero attached hydrogens (tertiary/aromatic N) is 1. The molecule has 7 heteroatoms. The molecule has 0 saturated carbocycles. The molecule has 6 nitrogen and oxygen atoms in total. The quantitative estimate of drug-likeness (QED) is 0.733. The first-order valence-corrected chi connectivity index (χ1v) is 10.4. The SMILES string of the molecule is COc1cccc(C2CN(C(=O)c3ccccc3F)CC2C(=O)NCC(C)C)c1OC. The molecule has 2 atom stereocenters. The molecule has 0 aromatic heterocycles. The Labute approximate surface area is 182 Å². The van der Waals surface area contributed by atoms with E-state index in [-0.39, 0.29) is 30.5 Å². The monoisotopic (exact) mass is 428 g/mol. The first-order chi connectivity index (χ1) is 14.9. The number of benzene rings is 2. The van der Waals surface area contributed by atoms with Crippen molar-refractivity contribution < 1.29 is 23.5 Å². The normalized spacial score (nSPS) is 18.2. The summed E-state index contributed by atoms with van der Waals surface area (Å²) >= 11 is 0. The standard InChI is InChI=1S/C24H29FN2O4/c1-15(2)12-26-23(28)19-14-27(24(29)17-8-5-6-10-20(17)25)13-18(19)16-9-7-11-21(30-3)22(16)31-4/h5-11,15,18-19H,12-14H2,1-4H3,(H,26,28). The molecular formula is C24H29FN2O4. The lowest BCUT2D eigenvalue weighted by Crippen LogP contribution is -2.37. The van der Waals surface area contributed by atoms with Gasteiger partial charge < -0.3 is 19.7 Å². The van der Waals surface area contributed by atoms with E-state index >= 15 is 0 Å². The van der Waals surface area contributed by atoms with Crippen molar-refractivity contribution in [3.63, 3.8) is 0 Å². The van der Waals surface area contributed by atoms with Gasteiger partial charge in [0.05, 0.1) is 25.7 Å². The molecular weight excluding hydrogens is 399 g/mol. The Hall–Kier alpha value is -3.09. The Morgan fingerprint density at radius 3 is 2.48 bits per heavy atom. The highest BCUT2D eigenvalue weighted by molar-refractivity contribution is 5.95. The molecule has 2 unspecified atom stereocenters. The number of halogens is 1. The molecule has 166 valence electrons. The Balaban J connectivity index is 1.96. The number of carbonyl (C=O) groups excluding carboxylic acids is 2. The van der Waals surface area contributed by atoms with Crippen molar-refractivity contribution in [2.45, 2.75) is 19.8 Å². The molecule has 0 bridgehead atoms. The smallest absolute Gasteiger partial charge is 0.256 e. The lowest BCUT2D eigenvalue weighted by atomic mass is 9.87. The van der Waals surface area contributed by atoms with Crippen LogP contribution in [0, 0.1) is 17.7 Å². The highest BCUT2D eigenvalue weighted by atomic mass is 19.1. The number of hydrogen-bond donors (Lipinski definition) is 1.